The molecule has 1 N–H and O–H groups in total. The van der Waals surface area contributed by atoms with Crippen molar-refractivity contribution in [3.63, 3.8) is 0 Å². The SMILES string of the molecule is CCCc1nc(C)c(C(=O)N2CCO[C@H](CC(=O)O)C2)s1. The minimum Gasteiger partial charge on any atom is -0.481 e. The average molecular weight is 312 g/mol. The fourth-order valence-electron chi connectivity index (χ4n) is 2.34. The molecule has 1 amide bonds. The van der Waals surface area contributed by atoms with Gasteiger partial charge in [-0.15, -0.1) is 11.3 Å². The molecule has 1 aliphatic rings. The van der Waals surface area contributed by atoms with Crippen LogP contribution >= 0.6 is 11.3 Å². The van der Waals surface area contributed by atoms with Crippen molar-refractivity contribution < 1.29 is 19.4 Å². The summed E-state index contributed by atoms with van der Waals surface area (Å²) in [6.07, 6.45) is 1.37. The van der Waals surface area contributed by atoms with E-state index in [9.17, 15) is 9.59 Å². The van der Waals surface area contributed by atoms with Crippen LogP contribution in [0.4, 0.5) is 0 Å². The molecule has 6 nitrogen and oxygen atoms in total. The van der Waals surface area contributed by atoms with Gasteiger partial charge in [0.05, 0.1) is 29.8 Å². The number of aryl methyl sites for hydroxylation is 2. The normalized spacial score (nSPS) is 18.8. The van der Waals surface area contributed by atoms with E-state index in [-0.39, 0.29) is 12.3 Å². The Labute approximate surface area is 127 Å². The number of amides is 1. The first-order valence-electron chi connectivity index (χ1n) is 7.10. The van der Waals surface area contributed by atoms with E-state index in [1.54, 1.807) is 4.90 Å². The van der Waals surface area contributed by atoms with Crippen molar-refractivity contribution >= 4 is 23.2 Å². The van der Waals surface area contributed by atoms with Gasteiger partial charge in [-0.05, 0) is 19.8 Å². The first-order chi connectivity index (χ1) is 10.0. The summed E-state index contributed by atoms with van der Waals surface area (Å²) in [6, 6.07) is 0. The number of thiazole rings is 1. The molecular weight excluding hydrogens is 292 g/mol. The van der Waals surface area contributed by atoms with Gasteiger partial charge in [-0.25, -0.2) is 4.98 Å². The summed E-state index contributed by atoms with van der Waals surface area (Å²) in [6.45, 7) is 5.12. The standard InChI is InChI=1S/C14H20N2O4S/c1-3-4-11-15-9(2)13(21-11)14(19)16-5-6-20-10(8-16)7-12(17)18/h10H,3-8H2,1-2H3,(H,17,18)/t10-/m1/s1. The first kappa shape index (κ1) is 15.9. The van der Waals surface area contributed by atoms with E-state index in [0.29, 0.717) is 24.6 Å². The van der Waals surface area contributed by atoms with Crippen LogP contribution in [0.15, 0.2) is 0 Å². The Hall–Kier alpha value is -1.47. The fourth-order valence-corrected chi connectivity index (χ4v) is 3.47. The molecule has 2 heterocycles. The molecule has 2 rings (SSSR count). The summed E-state index contributed by atoms with van der Waals surface area (Å²) >= 11 is 1.44. The Morgan fingerprint density at radius 1 is 1.52 bits per heavy atom. The summed E-state index contributed by atoms with van der Waals surface area (Å²) in [5.74, 6) is -0.973. The molecular formula is C14H20N2O4S. The van der Waals surface area contributed by atoms with Crippen LogP contribution < -0.4 is 0 Å². The Kier molecular flexibility index (Phi) is 5.30. The fraction of sp³-hybridized carbons (Fsp3) is 0.643. The highest BCUT2D eigenvalue weighted by molar-refractivity contribution is 7.13. The number of aromatic nitrogens is 1. The molecule has 116 valence electrons. The van der Waals surface area contributed by atoms with Crippen LogP contribution in [0.25, 0.3) is 0 Å². The van der Waals surface area contributed by atoms with Crippen LogP contribution in [0, 0.1) is 6.92 Å². The van der Waals surface area contributed by atoms with Gasteiger partial charge in [-0.2, -0.15) is 0 Å². The maximum Gasteiger partial charge on any atom is 0.306 e. The molecule has 0 spiro atoms. The van der Waals surface area contributed by atoms with Crippen molar-refractivity contribution in [3.8, 4) is 0 Å². The number of hydrogen-bond donors (Lipinski definition) is 1. The smallest absolute Gasteiger partial charge is 0.306 e. The number of hydrogen-bond acceptors (Lipinski definition) is 5. The highest BCUT2D eigenvalue weighted by Gasteiger charge is 2.28. The molecule has 7 heteroatoms. The number of rotatable bonds is 5. The largest absolute Gasteiger partial charge is 0.481 e. The summed E-state index contributed by atoms with van der Waals surface area (Å²) in [5, 5.41) is 9.80. The molecule has 0 aromatic carbocycles. The van der Waals surface area contributed by atoms with Gasteiger partial charge >= 0.3 is 5.97 Å². The quantitative estimate of drug-likeness (QED) is 0.895. The van der Waals surface area contributed by atoms with E-state index >= 15 is 0 Å². The lowest BCUT2D eigenvalue weighted by Gasteiger charge is -2.32. The van der Waals surface area contributed by atoms with Gasteiger partial charge in [0.15, 0.2) is 0 Å². The second-order valence-corrected chi connectivity index (χ2v) is 6.20. The minimum absolute atomic E-state index is 0.0639. The van der Waals surface area contributed by atoms with Crippen LogP contribution in [0.1, 0.15) is 40.1 Å². The van der Waals surface area contributed by atoms with Crippen molar-refractivity contribution in [1.29, 1.82) is 0 Å². The van der Waals surface area contributed by atoms with E-state index in [1.165, 1.54) is 11.3 Å². The van der Waals surface area contributed by atoms with Crippen molar-refractivity contribution in [2.45, 2.75) is 39.2 Å². The minimum atomic E-state index is -0.909. The lowest BCUT2D eigenvalue weighted by Crippen LogP contribution is -2.46. The van der Waals surface area contributed by atoms with Crippen molar-refractivity contribution in [3.05, 3.63) is 15.6 Å². The zero-order valence-electron chi connectivity index (χ0n) is 12.3. The maximum atomic E-state index is 12.6. The topological polar surface area (TPSA) is 79.7 Å². The number of carbonyl (C=O) groups excluding carboxylic acids is 1. The zero-order chi connectivity index (χ0) is 15.4. The third-order valence-electron chi connectivity index (χ3n) is 3.33. The van der Waals surface area contributed by atoms with Crippen molar-refractivity contribution in [2.75, 3.05) is 19.7 Å². The molecule has 0 saturated carbocycles. The van der Waals surface area contributed by atoms with Crippen LogP contribution in [0.3, 0.4) is 0 Å². The van der Waals surface area contributed by atoms with E-state index in [0.717, 1.165) is 23.5 Å². The van der Waals surface area contributed by atoms with Crippen LogP contribution in [-0.4, -0.2) is 52.7 Å². The molecule has 0 unspecified atom stereocenters. The van der Waals surface area contributed by atoms with E-state index in [2.05, 4.69) is 11.9 Å². The number of aliphatic carboxylic acids is 1. The molecule has 1 fully saturated rings. The Morgan fingerprint density at radius 2 is 2.29 bits per heavy atom. The lowest BCUT2D eigenvalue weighted by molar-refractivity contribution is -0.141. The third-order valence-corrected chi connectivity index (χ3v) is 4.53. The molecule has 1 aliphatic heterocycles. The molecule has 1 aromatic rings. The molecule has 1 saturated heterocycles. The summed E-state index contributed by atoms with van der Waals surface area (Å²) in [5.41, 5.74) is 0.759. The molecule has 0 bridgehead atoms. The maximum absolute atomic E-state index is 12.6. The predicted octanol–water partition coefficient (Wildman–Crippen LogP) is 1.72. The number of carbonyl (C=O) groups is 2. The zero-order valence-corrected chi connectivity index (χ0v) is 13.1. The van der Waals surface area contributed by atoms with Gasteiger partial charge in [0.1, 0.15) is 4.88 Å². The monoisotopic (exact) mass is 312 g/mol. The molecule has 21 heavy (non-hydrogen) atoms. The Bertz CT molecular complexity index is 529. The van der Waals surface area contributed by atoms with Crippen LogP contribution in [0.2, 0.25) is 0 Å². The number of carboxylic acid groups (broad SMARTS) is 1. The number of morpholine rings is 1. The molecule has 1 atom stereocenters. The van der Waals surface area contributed by atoms with E-state index in [4.69, 9.17) is 9.84 Å². The highest BCUT2D eigenvalue weighted by Crippen LogP contribution is 2.22. The Morgan fingerprint density at radius 3 is 2.95 bits per heavy atom. The van der Waals surface area contributed by atoms with Crippen molar-refractivity contribution in [2.24, 2.45) is 0 Å². The van der Waals surface area contributed by atoms with Gasteiger partial charge in [0, 0.05) is 13.1 Å². The lowest BCUT2D eigenvalue weighted by atomic mass is 10.2. The first-order valence-corrected chi connectivity index (χ1v) is 7.91. The van der Waals surface area contributed by atoms with Crippen molar-refractivity contribution in [1.82, 2.24) is 9.88 Å². The molecule has 0 aliphatic carbocycles. The summed E-state index contributed by atoms with van der Waals surface area (Å²) in [7, 11) is 0. The predicted molar refractivity (Wildman–Crippen MR) is 78.7 cm³/mol. The van der Waals surface area contributed by atoms with E-state index in [1.807, 2.05) is 6.92 Å². The van der Waals surface area contributed by atoms with E-state index < -0.39 is 12.1 Å². The molecule has 0 radical (unpaired) electrons. The average Bonchev–Trinajstić information content (AvgIpc) is 2.79. The van der Waals surface area contributed by atoms with Gasteiger partial charge in [0.2, 0.25) is 0 Å². The molecule has 1 aromatic heterocycles. The second-order valence-electron chi connectivity index (χ2n) is 5.11. The van der Waals surface area contributed by atoms with Gasteiger partial charge < -0.3 is 14.7 Å². The summed E-state index contributed by atoms with van der Waals surface area (Å²) in [4.78, 5) is 30.1. The second kappa shape index (κ2) is 7.00. The van der Waals surface area contributed by atoms with Crippen LogP contribution in [0.5, 0.6) is 0 Å². The van der Waals surface area contributed by atoms with Gasteiger partial charge in [0.25, 0.3) is 5.91 Å². The number of ether oxygens (including phenoxy) is 1. The summed E-state index contributed by atoms with van der Waals surface area (Å²) < 4.78 is 5.39. The van der Waals surface area contributed by atoms with Gasteiger partial charge in [-0.3, -0.25) is 9.59 Å². The van der Waals surface area contributed by atoms with Gasteiger partial charge in [-0.1, -0.05) is 6.92 Å². The number of carboxylic acids is 1. The highest BCUT2D eigenvalue weighted by atomic mass is 32.1. The Balaban J connectivity index is 2.06. The number of nitrogens with zero attached hydrogens (tertiary/aromatic N) is 2. The van der Waals surface area contributed by atoms with Crippen LogP contribution in [-0.2, 0) is 16.0 Å². The third kappa shape index (κ3) is 4.01.